The molecule has 1 atom stereocenters. The van der Waals surface area contributed by atoms with Crippen molar-refractivity contribution in [3.8, 4) is 0 Å². The molecule has 0 aliphatic rings. The summed E-state index contributed by atoms with van der Waals surface area (Å²) in [5.74, 6) is -0.587. The SMILES string of the molecule is C=CC(=O)OC(CC)CO[SH](=O)=O.[NaH]. The Morgan fingerprint density at radius 1 is 1.57 bits per heavy atom. The van der Waals surface area contributed by atoms with E-state index in [9.17, 15) is 13.2 Å². The van der Waals surface area contributed by atoms with Gasteiger partial charge in [-0.25, -0.2) is 13.2 Å². The predicted octanol–water partition coefficient (Wildman–Crippen LogP) is -0.611. The van der Waals surface area contributed by atoms with E-state index in [2.05, 4.69) is 10.8 Å². The van der Waals surface area contributed by atoms with Crippen molar-refractivity contribution in [3.63, 3.8) is 0 Å². The van der Waals surface area contributed by atoms with Gasteiger partial charge in [0.1, 0.15) is 12.7 Å². The molecule has 0 rings (SSSR count). The molecule has 0 saturated heterocycles. The van der Waals surface area contributed by atoms with E-state index < -0.39 is 23.1 Å². The first-order valence-electron chi connectivity index (χ1n) is 3.70. The average molecular weight is 232 g/mol. The number of esters is 1. The van der Waals surface area contributed by atoms with Crippen LogP contribution in [-0.4, -0.2) is 56.7 Å². The van der Waals surface area contributed by atoms with Crippen molar-refractivity contribution in [1.29, 1.82) is 0 Å². The molecule has 0 bridgehead atoms. The number of hydrogen-bond donors (Lipinski definition) is 1. The van der Waals surface area contributed by atoms with Crippen molar-refractivity contribution >= 4 is 46.5 Å². The Morgan fingerprint density at radius 3 is 2.50 bits per heavy atom. The number of thiol groups is 1. The van der Waals surface area contributed by atoms with E-state index in [0.29, 0.717) is 6.42 Å². The fourth-order valence-corrected chi connectivity index (χ4v) is 0.880. The van der Waals surface area contributed by atoms with Gasteiger partial charge >= 0.3 is 35.5 Å². The van der Waals surface area contributed by atoms with Gasteiger partial charge in [-0.15, -0.1) is 0 Å². The summed E-state index contributed by atoms with van der Waals surface area (Å²) in [6.07, 6.45) is 0.959. The molecule has 0 fully saturated rings. The van der Waals surface area contributed by atoms with Gasteiger partial charge < -0.3 is 4.74 Å². The quantitative estimate of drug-likeness (QED) is 0.286. The molecular weight excluding hydrogens is 219 g/mol. The second kappa shape index (κ2) is 9.67. The third-order valence-electron chi connectivity index (χ3n) is 1.27. The summed E-state index contributed by atoms with van der Waals surface area (Å²) >= 11 is 0. The second-order valence-electron chi connectivity index (χ2n) is 2.19. The zero-order valence-electron chi connectivity index (χ0n) is 7.26. The molecule has 0 aliphatic carbocycles. The normalized spacial score (nSPS) is 11.6. The third kappa shape index (κ3) is 8.71. The van der Waals surface area contributed by atoms with Gasteiger partial charge in [-0.2, -0.15) is 0 Å². The summed E-state index contributed by atoms with van der Waals surface area (Å²) < 4.78 is 29.1. The van der Waals surface area contributed by atoms with Gasteiger partial charge in [0.25, 0.3) is 11.0 Å². The van der Waals surface area contributed by atoms with Gasteiger partial charge in [0.2, 0.25) is 0 Å². The molecule has 0 radical (unpaired) electrons. The first-order valence-corrected chi connectivity index (χ1v) is 4.80. The Hall–Kier alpha value is 0.120. The van der Waals surface area contributed by atoms with Gasteiger partial charge in [0.05, 0.1) is 0 Å². The van der Waals surface area contributed by atoms with Crippen LogP contribution >= 0.6 is 0 Å². The Morgan fingerprint density at radius 2 is 2.14 bits per heavy atom. The van der Waals surface area contributed by atoms with E-state index in [0.717, 1.165) is 6.08 Å². The van der Waals surface area contributed by atoms with E-state index in [1.165, 1.54) is 0 Å². The van der Waals surface area contributed by atoms with E-state index in [-0.39, 0.29) is 36.2 Å². The van der Waals surface area contributed by atoms with Gasteiger partial charge in [0, 0.05) is 6.08 Å². The van der Waals surface area contributed by atoms with E-state index in [1.54, 1.807) is 6.92 Å². The maximum absolute atomic E-state index is 10.7. The van der Waals surface area contributed by atoms with Gasteiger partial charge in [0.15, 0.2) is 0 Å². The zero-order chi connectivity index (χ0) is 10.3. The molecule has 0 amide bonds. The van der Waals surface area contributed by atoms with Crippen molar-refractivity contribution in [2.75, 3.05) is 6.61 Å². The minimum absolute atomic E-state index is 0. The summed E-state index contributed by atoms with van der Waals surface area (Å²) in [4.78, 5) is 10.7. The van der Waals surface area contributed by atoms with E-state index >= 15 is 0 Å². The number of carbonyl (C=O) groups is 1. The molecule has 0 aromatic heterocycles. The monoisotopic (exact) mass is 232 g/mol. The summed E-state index contributed by atoms with van der Waals surface area (Å²) in [5.41, 5.74) is 0. The van der Waals surface area contributed by atoms with E-state index in [1.807, 2.05) is 0 Å². The molecule has 1 unspecified atom stereocenters. The third-order valence-corrected chi connectivity index (χ3v) is 1.63. The fraction of sp³-hybridized carbons (Fsp3) is 0.571. The number of carbonyl (C=O) groups excluding carboxylic acids is 1. The molecule has 7 heteroatoms. The molecule has 5 nitrogen and oxygen atoms in total. The molecule has 14 heavy (non-hydrogen) atoms. The Bertz CT molecular complexity index is 242. The Kier molecular flexibility index (Phi) is 11.4. The molecule has 0 aromatic rings. The zero-order valence-corrected chi connectivity index (χ0v) is 8.16. The first-order chi connectivity index (χ1) is 6.10. The van der Waals surface area contributed by atoms with Crippen LogP contribution in [0.15, 0.2) is 12.7 Å². The van der Waals surface area contributed by atoms with Crippen LogP contribution in [-0.2, 0) is 24.7 Å². The van der Waals surface area contributed by atoms with Crippen LogP contribution in [0, 0.1) is 0 Å². The van der Waals surface area contributed by atoms with Crippen molar-refractivity contribution in [1.82, 2.24) is 0 Å². The molecule has 0 aromatic carbocycles. The standard InChI is InChI=1S/C7H12O5S.Na.H/c1-3-6(5-11-13(9)10)12-7(8)4-2;;/h4,6,13H,2-3,5H2,1H3;;. The predicted molar refractivity (Wildman–Crippen MR) is 53.8 cm³/mol. The maximum atomic E-state index is 10.7. The molecule has 0 spiro atoms. The number of rotatable bonds is 6. The minimum atomic E-state index is -2.89. The Labute approximate surface area is 107 Å². The summed E-state index contributed by atoms with van der Waals surface area (Å²) in [5, 5.41) is 0. The van der Waals surface area contributed by atoms with Crippen LogP contribution in [0.4, 0.5) is 0 Å². The topological polar surface area (TPSA) is 69.7 Å². The second-order valence-corrected chi connectivity index (χ2v) is 2.90. The van der Waals surface area contributed by atoms with Crippen LogP contribution in [0.5, 0.6) is 0 Å². The van der Waals surface area contributed by atoms with Crippen molar-refractivity contribution in [3.05, 3.63) is 12.7 Å². The molecule has 0 heterocycles. The summed E-state index contributed by atoms with van der Waals surface area (Å²) in [7, 11) is -2.89. The Balaban J connectivity index is 0. The van der Waals surface area contributed by atoms with Gasteiger partial charge in [-0.05, 0) is 6.42 Å². The van der Waals surface area contributed by atoms with E-state index in [4.69, 9.17) is 4.74 Å². The number of ether oxygens (including phenoxy) is 1. The van der Waals surface area contributed by atoms with Gasteiger partial charge in [-0.1, -0.05) is 13.5 Å². The van der Waals surface area contributed by atoms with Crippen LogP contribution in [0.1, 0.15) is 13.3 Å². The fourth-order valence-electron chi connectivity index (χ4n) is 0.592. The molecule has 0 N–H and O–H groups in total. The number of hydrogen-bond acceptors (Lipinski definition) is 5. The molecule has 0 saturated carbocycles. The molecule has 78 valence electrons. The van der Waals surface area contributed by atoms with Crippen molar-refractivity contribution in [2.24, 2.45) is 0 Å². The van der Waals surface area contributed by atoms with Crippen LogP contribution in [0.3, 0.4) is 0 Å². The van der Waals surface area contributed by atoms with Crippen LogP contribution < -0.4 is 0 Å². The van der Waals surface area contributed by atoms with Crippen LogP contribution in [0.2, 0.25) is 0 Å². The molecule has 0 aliphatic heterocycles. The molecular formula is C7H13NaO5S. The van der Waals surface area contributed by atoms with Crippen molar-refractivity contribution in [2.45, 2.75) is 19.4 Å². The average Bonchev–Trinajstić information content (AvgIpc) is 2.11. The summed E-state index contributed by atoms with van der Waals surface area (Å²) in [6.45, 7) is 4.82. The first kappa shape index (κ1) is 16.5. The van der Waals surface area contributed by atoms with Crippen LogP contribution in [0.25, 0.3) is 0 Å². The van der Waals surface area contributed by atoms with Crippen molar-refractivity contribution < 1.29 is 22.1 Å². The summed E-state index contributed by atoms with van der Waals surface area (Å²) in [6, 6.07) is 0. The van der Waals surface area contributed by atoms with Gasteiger partial charge in [-0.3, -0.25) is 4.18 Å².